The first kappa shape index (κ1) is 15.7. The average molecular weight is 318 g/mol. The van der Waals surface area contributed by atoms with Crippen molar-refractivity contribution < 1.29 is 19.5 Å². The van der Waals surface area contributed by atoms with Gasteiger partial charge in [-0.1, -0.05) is 0 Å². The van der Waals surface area contributed by atoms with Crippen LogP contribution in [0.5, 0.6) is 0 Å². The lowest BCUT2D eigenvalue weighted by Gasteiger charge is -2.12. The first-order valence-electron chi connectivity index (χ1n) is 6.02. The molecule has 11 heteroatoms. The molecule has 7 N–H and O–H groups in total. The van der Waals surface area contributed by atoms with Crippen molar-refractivity contribution >= 4 is 18.6 Å². The van der Waals surface area contributed by atoms with E-state index < -0.39 is 31.1 Å². The largest absolute Gasteiger partial charge is 0.391 e. The molecule has 1 unspecified atom stereocenters. The van der Waals surface area contributed by atoms with E-state index in [1.165, 1.54) is 6.20 Å². The van der Waals surface area contributed by atoms with Crippen molar-refractivity contribution in [3.05, 3.63) is 32.6 Å². The van der Waals surface area contributed by atoms with Crippen LogP contribution in [0, 0.1) is 0 Å². The van der Waals surface area contributed by atoms with E-state index in [1.54, 1.807) is 0 Å². The fourth-order valence-corrected chi connectivity index (χ4v) is 2.63. The summed E-state index contributed by atoms with van der Waals surface area (Å²) in [5.74, 6) is 0. The van der Waals surface area contributed by atoms with Crippen molar-refractivity contribution in [1.29, 1.82) is 0 Å². The zero-order chi connectivity index (χ0) is 15.6. The number of aliphatic hydroxyl groups excluding tert-OH is 1. The van der Waals surface area contributed by atoms with Gasteiger partial charge in [0.05, 0.1) is 17.8 Å². The Labute approximate surface area is 117 Å². The highest BCUT2D eigenvalue weighted by Gasteiger charge is 2.19. The Kier molecular flexibility index (Phi) is 4.45. The quantitative estimate of drug-likeness (QED) is 0.307. The van der Waals surface area contributed by atoms with Gasteiger partial charge in [-0.25, -0.2) is 4.79 Å². The maximum Gasteiger partial charge on any atom is 0.328 e. The Morgan fingerprint density at radius 1 is 1.24 bits per heavy atom. The Morgan fingerprint density at radius 3 is 2.62 bits per heavy atom. The molecular weight excluding hydrogens is 303 g/mol. The zero-order valence-electron chi connectivity index (χ0n) is 10.8. The number of aromatic nitrogens is 3. The summed E-state index contributed by atoms with van der Waals surface area (Å²) in [5.41, 5.74) is -0.00380. The molecule has 21 heavy (non-hydrogen) atoms. The fraction of sp³-hybridized carbons (Fsp3) is 0.400. The van der Waals surface area contributed by atoms with Gasteiger partial charge < -0.3 is 30.2 Å². The third-order valence-electron chi connectivity index (χ3n) is 2.80. The molecule has 116 valence electrons. The van der Waals surface area contributed by atoms with Crippen LogP contribution in [0.3, 0.4) is 0 Å². The molecule has 0 bridgehead atoms. The van der Waals surface area contributed by atoms with Gasteiger partial charge in [0.2, 0.25) is 0 Å². The Balaban J connectivity index is 2.03. The summed E-state index contributed by atoms with van der Waals surface area (Å²) >= 11 is 0. The van der Waals surface area contributed by atoms with E-state index >= 15 is 0 Å². The molecule has 0 spiro atoms. The Morgan fingerprint density at radius 2 is 1.95 bits per heavy atom. The third-order valence-corrected chi connectivity index (χ3v) is 3.70. The predicted octanol–water partition coefficient (Wildman–Crippen LogP) is -1.83. The fourth-order valence-electron chi connectivity index (χ4n) is 1.95. The summed E-state index contributed by atoms with van der Waals surface area (Å²) in [6.07, 6.45) is -0.304. The smallest absolute Gasteiger partial charge is 0.328 e. The van der Waals surface area contributed by atoms with Crippen molar-refractivity contribution in [2.75, 3.05) is 12.7 Å². The number of fused-ring (bicyclic) bond motifs is 1. The molecule has 0 amide bonds. The van der Waals surface area contributed by atoms with E-state index in [1.807, 2.05) is 0 Å². The highest BCUT2D eigenvalue weighted by molar-refractivity contribution is 7.51. The van der Waals surface area contributed by atoms with Crippen LogP contribution < -0.4 is 16.6 Å². The number of rotatable bonds is 6. The van der Waals surface area contributed by atoms with Gasteiger partial charge in [0, 0.05) is 24.8 Å². The number of nitrogens with one attached hydrogen (secondary N) is 4. The summed E-state index contributed by atoms with van der Waals surface area (Å²) in [4.78, 5) is 47.4. The van der Waals surface area contributed by atoms with Crippen LogP contribution >= 0.6 is 7.60 Å². The minimum absolute atomic E-state index is 0.0365. The van der Waals surface area contributed by atoms with E-state index in [-0.39, 0.29) is 18.6 Å². The van der Waals surface area contributed by atoms with Gasteiger partial charge in [-0.15, -0.1) is 0 Å². The van der Waals surface area contributed by atoms with Crippen molar-refractivity contribution in [3.8, 4) is 0 Å². The normalized spacial score (nSPS) is 13.7. The van der Waals surface area contributed by atoms with Crippen LogP contribution in [0.2, 0.25) is 0 Å². The Bertz CT molecular complexity index is 787. The molecule has 0 aliphatic heterocycles. The van der Waals surface area contributed by atoms with Crippen LogP contribution in [0.15, 0.2) is 15.8 Å². The second kappa shape index (κ2) is 5.96. The van der Waals surface area contributed by atoms with Crippen LogP contribution in [-0.2, 0) is 11.1 Å². The number of hydrogen-bond donors (Lipinski definition) is 7. The highest BCUT2D eigenvalue weighted by Crippen LogP contribution is 2.34. The van der Waals surface area contributed by atoms with E-state index in [2.05, 4.69) is 20.3 Å². The van der Waals surface area contributed by atoms with Crippen molar-refractivity contribution in [3.63, 3.8) is 0 Å². The zero-order valence-corrected chi connectivity index (χ0v) is 11.7. The van der Waals surface area contributed by atoms with Gasteiger partial charge in [-0.2, -0.15) is 0 Å². The van der Waals surface area contributed by atoms with Crippen LogP contribution in [-0.4, -0.2) is 48.7 Å². The lowest BCUT2D eigenvalue weighted by Crippen LogP contribution is -2.29. The molecule has 0 fully saturated rings. The summed E-state index contributed by atoms with van der Waals surface area (Å²) in [5, 5.41) is 12.2. The molecule has 0 aromatic carbocycles. The van der Waals surface area contributed by atoms with E-state index in [4.69, 9.17) is 9.79 Å². The monoisotopic (exact) mass is 318 g/mol. The molecule has 2 rings (SSSR count). The van der Waals surface area contributed by atoms with E-state index in [0.29, 0.717) is 11.1 Å². The van der Waals surface area contributed by atoms with Gasteiger partial charge in [0.15, 0.2) is 0 Å². The predicted molar refractivity (Wildman–Crippen MR) is 74.2 cm³/mol. The van der Waals surface area contributed by atoms with Crippen LogP contribution in [0.1, 0.15) is 5.56 Å². The minimum atomic E-state index is -4.26. The number of aliphatic hydroxyl groups is 1. The summed E-state index contributed by atoms with van der Waals surface area (Å²) in [6, 6.07) is 0. The topological polar surface area (TPSA) is 171 Å². The molecule has 0 saturated carbocycles. The van der Waals surface area contributed by atoms with Gasteiger partial charge in [0.25, 0.3) is 5.56 Å². The second-order valence-electron chi connectivity index (χ2n) is 4.60. The maximum atomic E-state index is 11.5. The maximum absolute atomic E-state index is 11.5. The molecule has 1 atom stereocenters. The van der Waals surface area contributed by atoms with E-state index in [9.17, 15) is 19.3 Å². The molecule has 0 aliphatic rings. The van der Waals surface area contributed by atoms with Crippen molar-refractivity contribution in [1.82, 2.24) is 20.3 Å². The SMILES string of the molecule is O=c1[nH]c(=O)c2[nH]cc(CNCC(O)CP(=O)(O)O)c2[nH]1. The molecule has 2 aromatic heterocycles. The molecular formula is C10H15N4O6P. The van der Waals surface area contributed by atoms with Gasteiger partial charge in [-0.3, -0.25) is 14.3 Å². The molecule has 2 heterocycles. The minimum Gasteiger partial charge on any atom is -0.391 e. The standard InChI is InChI=1S/C10H15N4O6P/c15-6(4-21(18,19)20)3-11-1-5-2-12-8-7(5)13-10(17)14-9(8)16/h2,6,11-12,15H,1,3-4H2,(H2,18,19,20)(H2,13,14,16,17). The summed E-state index contributed by atoms with van der Waals surface area (Å²) < 4.78 is 10.7. The van der Waals surface area contributed by atoms with E-state index in [0.717, 1.165) is 0 Å². The third kappa shape index (κ3) is 4.13. The van der Waals surface area contributed by atoms with Gasteiger partial charge >= 0.3 is 13.3 Å². The van der Waals surface area contributed by atoms with Crippen molar-refractivity contribution in [2.45, 2.75) is 12.6 Å². The molecule has 0 aliphatic carbocycles. The molecule has 0 radical (unpaired) electrons. The molecule has 10 nitrogen and oxygen atoms in total. The van der Waals surface area contributed by atoms with Gasteiger partial charge in [-0.05, 0) is 0 Å². The lowest BCUT2D eigenvalue weighted by molar-refractivity contribution is 0.185. The van der Waals surface area contributed by atoms with Crippen LogP contribution in [0.4, 0.5) is 0 Å². The Hall–Kier alpha value is -1.71. The highest BCUT2D eigenvalue weighted by atomic mass is 31.2. The number of hydrogen-bond acceptors (Lipinski definition) is 5. The van der Waals surface area contributed by atoms with Gasteiger partial charge in [0.1, 0.15) is 5.52 Å². The average Bonchev–Trinajstić information content (AvgIpc) is 2.70. The van der Waals surface area contributed by atoms with Crippen molar-refractivity contribution in [2.24, 2.45) is 0 Å². The first-order chi connectivity index (χ1) is 9.76. The summed E-state index contributed by atoms with van der Waals surface area (Å²) in [7, 11) is -4.26. The number of H-pyrrole nitrogens is 3. The molecule has 0 saturated heterocycles. The lowest BCUT2D eigenvalue weighted by atomic mass is 10.3. The first-order valence-corrected chi connectivity index (χ1v) is 7.82. The second-order valence-corrected chi connectivity index (χ2v) is 6.30. The van der Waals surface area contributed by atoms with Crippen LogP contribution in [0.25, 0.3) is 11.0 Å². The number of aromatic amines is 3. The molecule has 2 aromatic rings. The summed E-state index contributed by atoms with van der Waals surface area (Å²) in [6.45, 7) is 0.169.